The van der Waals surface area contributed by atoms with Crippen molar-refractivity contribution in [2.45, 2.75) is 32.2 Å². The number of fused-ring (bicyclic) bond motifs is 1. The highest BCUT2D eigenvalue weighted by atomic mass is 16.7. The summed E-state index contributed by atoms with van der Waals surface area (Å²) in [5.74, 6) is 1.51. The fourth-order valence-corrected chi connectivity index (χ4v) is 2.11. The van der Waals surface area contributed by atoms with Crippen LogP contribution in [0.2, 0.25) is 0 Å². The molecule has 0 amide bonds. The van der Waals surface area contributed by atoms with E-state index < -0.39 is 5.79 Å². The molecular formula is C15H18O4. The Labute approximate surface area is 112 Å². The van der Waals surface area contributed by atoms with Crippen molar-refractivity contribution < 1.29 is 18.9 Å². The van der Waals surface area contributed by atoms with Gasteiger partial charge in [-0.05, 0) is 12.5 Å². The number of rotatable bonds is 5. The molecule has 2 heterocycles. The second kappa shape index (κ2) is 4.46. The van der Waals surface area contributed by atoms with Gasteiger partial charge in [0.1, 0.15) is 12.7 Å². The molecule has 0 radical (unpaired) electrons. The van der Waals surface area contributed by atoms with Gasteiger partial charge in [0.05, 0.1) is 6.61 Å². The van der Waals surface area contributed by atoms with Crippen LogP contribution in [0.15, 0.2) is 24.8 Å². The zero-order chi connectivity index (χ0) is 13.5. The summed E-state index contributed by atoms with van der Waals surface area (Å²) in [4.78, 5) is 0. The summed E-state index contributed by atoms with van der Waals surface area (Å²) in [6.07, 6.45) is 2.80. The average Bonchev–Trinajstić information content (AvgIpc) is 3.10. The standard InChI is InChI=1S/C15H18O4/c1-4-5-10-6-7-12-14(19-15(2,3)18-12)13(10)17-9-11-8-16-11/h4,6-7,11H,1,5,8-9H2,2-3H3. The molecule has 0 bridgehead atoms. The summed E-state index contributed by atoms with van der Waals surface area (Å²) < 4.78 is 22.6. The largest absolute Gasteiger partial charge is 0.486 e. The maximum absolute atomic E-state index is 5.87. The van der Waals surface area contributed by atoms with Crippen molar-refractivity contribution in [1.82, 2.24) is 0 Å². The molecule has 0 aliphatic carbocycles. The number of benzene rings is 1. The SMILES string of the molecule is C=CCc1ccc2c(c1OCC1CO1)OC(C)(C)O2. The minimum Gasteiger partial charge on any atom is -0.486 e. The molecule has 0 saturated carbocycles. The van der Waals surface area contributed by atoms with E-state index in [9.17, 15) is 0 Å². The van der Waals surface area contributed by atoms with Crippen LogP contribution in [0.5, 0.6) is 17.2 Å². The zero-order valence-corrected chi connectivity index (χ0v) is 11.3. The first-order valence-corrected chi connectivity index (χ1v) is 6.48. The van der Waals surface area contributed by atoms with Gasteiger partial charge in [-0.15, -0.1) is 6.58 Å². The number of hydrogen-bond donors (Lipinski definition) is 0. The predicted molar refractivity (Wildman–Crippen MR) is 70.9 cm³/mol. The normalized spacial score (nSPS) is 22.1. The van der Waals surface area contributed by atoms with Gasteiger partial charge >= 0.3 is 0 Å². The van der Waals surface area contributed by atoms with Crippen LogP contribution in [-0.2, 0) is 11.2 Å². The van der Waals surface area contributed by atoms with Crippen molar-refractivity contribution in [2.75, 3.05) is 13.2 Å². The van der Waals surface area contributed by atoms with E-state index in [4.69, 9.17) is 18.9 Å². The van der Waals surface area contributed by atoms with Crippen LogP contribution >= 0.6 is 0 Å². The average molecular weight is 262 g/mol. The van der Waals surface area contributed by atoms with Crippen molar-refractivity contribution >= 4 is 0 Å². The van der Waals surface area contributed by atoms with Gasteiger partial charge in [-0.25, -0.2) is 0 Å². The molecule has 0 N–H and O–H groups in total. The maximum atomic E-state index is 5.87. The summed E-state index contributed by atoms with van der Waals surface area (Å²) >= 11 is 0. The molecule has 19 heavy (non-hydrogen) atoms. The second-order valence-electron chi connectivity index (χ2n) is 5.24. The molecule has 1 unspecified atom stereocenters. The van der Waals surface area contributed by atoms with Gasteiger partial charge in [-0.2, -0.15) is 0 Å². The molecule has 2 aliphatic rings. The molecule has 3 rings (SSSR count). The molecule has 1 atom stereocenters. The molecule has 0 spiro atoms. The van der Waals surface area contributed by atoms with Gasteiger partial charge in [-0.3, -0.25) is 0 Å². The van der Waals surface area contributed by atoms with Gasteiger partial charge in [0.2, 0.25) is 11.5 Å². The second-order valence-corrected chi connectivity index (χ2v) is 5.24. The molecule has 1 aromatic carbocycles. The smallest absolute Gasteiger partial charge is 0.246 e. The quantitative estimate of drug-likeness (QED) is 0.604. The van der Waals surface area contributed by atoms with E-state index in [0.717, 1.165) is 30.1 Å². The predicted octanol–water partition coefficient (Wildman–Crippen LogP) is 2.70. The topological polar surface area (TPSA) is 40.2 Å². The third kappa shape index (κ3) is 2.54. The van der Waals surface area contributed by atoms with E-state index in [-0.39, 0.29) is 6.10 Å². The Bertz CT molecular complexity index is 503. The van der Waals surface area contributed by atoms with Crippen LogP contribution in [0.25, 0.3) is 0 Å². The minimum atomic E-state index is -0.649. The number of hydrogen-bond acceptors (Lipinski definition) is 4. The van der Waals surface area contributed by atoms with Crippen molar-refractivity contribution in [3.63, 3.8) is 0 Å². The fourth-order valence-electron chi connectivity index (χ4n) is 2.11. The van der Waals surface area contributed by atoms with E-state index >= 15 is 0 Å². The Balaban J connectivity index is 1.92. The van der Waals surface area contributed by atoms with Crippen molar-refractivity contribution in [2.24, 2.45) is 0 Å². The maximum Gasteiger partial charge on any atom is 0.246 e. The Kier molecular flexibility index (Phi) is 2.90. The van der Waals surface area contributed by atoms with Gasteiger partial charge in [0.25, 0.3) is 0 Å². The molecule has 102 valence electrons. The summed E-state index contributed by atoms with van der Waals surface area (Å²) in [5, 5.41) is 0. The Morgan fingerprint density at radius 2 is 2.21 bits per heavy atom. The highest BCUT2D eigenvalue weighted by Crippen LogP contribution is 2.48. The molecule has 1 saturated heterocycles. The van der Waals surface area contributed by atoms with Crippen LogP contribution in [0.1, 0.15) is 19.4 Å². The van der Waals surface area contributed by atoms with Crippen LogP contribution in [0.3, 0.4) is 0 Å². The Hall–Kier alpha value is -1.68. The van der Waals surface area contributed by atoms with Crippen molar-refractivity contribution in [3.8, 4) is 17.2 Å². The first kappa shape index (κ1) is 12.4. The van der Waals surface area contributed by atoms with E-state index in [1.165, 1.54) is 0 Å². The summed E-state index contributed by atoms with van der Waals surface area (Å²) in [6, 6.07) is 3.91. The molecule has 4 nitrogen and oxygen atoms in total. The summed E-state index contributed by atoms with van der Waals surface area (Å²) in [7, 11) is 0. The molecule has 1 aromatic rings. The van der Waals surface area contributed by atoms with Crippen LogP contribution < -0.4 is 14.2 Å². The van der Waals surface area contributed by atoms with E-state index in [1.54, 1.807) is 0 Å². The third-order valence-electron chi connectivity index (χ3n) is 3.04. The molecule has 4 heteroatoms. The first-order valence-electron chi connectivity index (χ1n) is 6.48. The van der Waals surface area contributed by atoms with E-state index in [0.29, 0.717) is 12.4 Å². The van der Waals surface area contributed by atoms with Crippen molar-refractivity contribution in [3.05, 3.63) is 30.4 Å². The van der Waals surface area contributed by atoms with Gasteiger partial charge in [-0.1, -0.05) is 12.1 Å². The molecule has 1 fully saturated rings. The summed E-state index contributed by atoms with van der Waals surface area (Å²) in [5.41, 5.74) is 1.05. The van der Waals surface area contributed by atoms with Gasteiger partial charge < -0.3 is 18.9 Å². The van der Waals surface area contributed by atoms with Gasteiger partial charge in [0.15, 0.2) is 11.5 Å². The summed E-state index contributed by atoms with van der Waals surface area (Å²) in [6.45, 7) is 8.86. The monoisotopic (exact) mass is 262 g/mol. The lowest BCUT2D eigenvalue weighted by atomic mass is 10.1. The van der Waals surface area contributed by atoms with Crippen LogP contribution in [-0.4, -0.2) is 25.1 Å². The number of allylic oxidation sites excluding steroid dienone is 1. The Morgan fingerprint density at radius 3 is 2.89 bits per heavy atom. The van der Waals surface area contributed by atoms with Crippen molar-refractivity contribution in [1.29, 1.82) is 0 Å². The van der Waals surface area contributed by atoms with E-state index in [2.05, 4.69) is 6.58 Å². The van der Waals surface area contributed by atoms with E-state index in [1.807, 2.05) is 32.1 Å². The highest BCUT2D eigenvalue weighted by molar-refractivity contribution is 5.58. The molecule has 2 aliphatic heterocycles. The molecule has 0 aromatic heterocycles. The third-order valence-corrected chi connectivity index (χ3v) is 3.04. The van der Waals surface area contributed by atoms with Crippen LogP contribution in [0, 0.1) is 0 Å². The lowest BCUT2D eigenvalue weighted by Gasteiger charge is -2.17. The lowest BCUT2D eigenvalue weighted by Crippen LogP contribution is -2.29. The van der Waals surface area contributed by atoms with Gasteiger partial charge in [0, 0.05) is 19.4 Å². The number of ether oxygens (including phenoxy) is 4. The Morgan fingerprint density at radius 1 is 1.42 bits per heavy atom. The number of epoxide rings is 1. The highest BCUT2D eigenvalue weighted by Gasteiger charge is 2.35. The first-order chi connectivity index (χ1) is 9.09. The molecular weight excluding hydrogens is 244 g/mol. The zero-order valence-electron chi connectivity index (χ0n) is 11.3. The minimum absolute atomic E-state index is 0.211. The van der Waals surface area contributed by atoms with Crippen LogP contribution in [0.4, 0.5) is 0 Å². The fraction of sp³-hybridized carbons (Fsp3) is 0.467. The lowest BCUT2D eigenvalue weighted by molar-refractivity contribution is -0.0441.